The zero-order chi connectivity index (χ0) is 22.6. The molecule has 0 radical (unpaired) electrons. The van der Waals surface area contributed by atoms with Gasteiger partial charge in [0.25, 0.3) is 0 Å². The van der Waals surface area contributed by atoms with Crippen LogP contribution in [0.5, 0.6) is 0 Å². The Bertz CT molecular complexity index is 1280. The molecule has 166 valence electrons. The van der Waals surface area contributed by atoms with Crippen molar-refractivity contribution in [3.63, 3.8) is 0 Å². The molecule has 6 rings (SSSR count). The van der Waals surface area contributed by atoms with Gasteiger partial charge < -0.3 is 24.5 Å². The summed E-state index contributed by atoms with van der Waals surface area (Å²) >= 11 is 0. The number of hydrogen-bond donors (Lipinski definition) is 2. The van der Waals surface area contributed by atoms with Crippen LogP contribution in [0.15, 0.2) is 51.7 Å². The highest BCUT2D eigenvalue weighted by Crippen LogP contribution is 2.48. The van der Waals surface area contributed by atoms with E-state index in [9.17, 15) is 14.7 Å². The lowest BCUT2D eigenvalue weighted by atomic mass is 9.81. The van der Waals surface area contributed by atoms with Gasteiger partial charge in [0, 0.05) is 30.5 Å². The van der Waals surface area contributed by atoms with E-state index in [-0.39, 0.29) is 22.6 Å². The van der Waals surface area contributed by atoms with Crippen molar-refractivity contribution in [1.29, 1.82) is 0 Å². The summed E-state index contributed by atoms with van der Waals surface area (Å²) in [5, 5.41) is 13.3. The van der Waals surface area contributed by atoms with Crippen LogP contribution in [0.3, 0.4) is 0 Å². The van der Waals surface area contributed by atoms with E-state index in [1.54, 1.807) is 37.4 Å². The van der Waals surface area contributed by atoms with Crippen molar-refractivity contribution in [2.45, 2.75) is 44.4 Å². The molecule has 1 aliphatic carbocycles. The molecule has 2 N–H and O–H groups in total. The molecule has 3 fully saturated rings. The minimum atomic E-state index is -0.997. The van der Waals surface area contributed by atoms with E-state index in [1.165, 1.54) is 0 Å². The van der Waals surface area contributed by atoms with Crippen LogP contribution in [-0.2, 0) is 4.74 Å². The van der Waals surface area contributed by atoms with Crippen LogP contribution in [-0.4, -0.2) is 36.4 Å². The van der Waals surface area contributed by atoms with Crippen molar-refractivity contribution < 1.29 is 19.1 Å². The van der Waals surface area contributed by atoms with Gasteiger partial charge in [-0.15, -0.1) is 0 Å². The zero-order valence-electron chi connectivity index (χ0n) is 18.3. The van der Waals surface area contributed by atoms with Gasteiger partial charge in [0.2, 0.25) is 0 Å². The molecule has 3 aromatic rings. The molecular formula is C25H26N2O5. The van der Waals surface area contributed by atoms with E-state index in [0.717, 1.165) is 24.0 Å². The summed E-state index contributed by atoms with van der Waals surface area (Å²) in [4.78, 5) is 26.8. The van der Waals surface area contributed by atoms with Crippen molar-refractivity contribution in [2.24, 2.45) is 0 Å². The fourth-order valence-corrected chi connectivity index (χ4v) is 5.07. The molecule has 3 heterocycles. The van der Waals surface area contributed by atoms with Crippen molar-refractivity contribution in [3.8, 4) is 0 Å². The number of carbonyl (C=O) groups is 1. The van der Waals surface area contributed by atoms with E-state index < -0.39 is 5.97 Å². The lowest BCUT2D eigenvalue weighted by Crippen LogP contribution is -2.41. The van der Waals surface area contributed by atoms with Gasteiger partial charge in [0.15, 0.2) is 11.3 Å². The summed E-state index contributed by atoms with van der Waals surface area (Å²) in [5.74, 6) is -0.435. The third-order valence-electron chi connectivity index (χ3n) is 6.82. The minimum absolute atomic E-state index is 0.0834. The predicted octanol–water partition coefficient (Wildman–Crippen LogP) is 4.34. The maximum Gasteiger partial charge on any atom is 0.337 e. The number of aryl methyl sites for hydroxylation is 1. The normalized spacial score (nSPS) is 22.6. The molecule has 7 heteroatoms. The highest BCUT2D eigenvalue weighted by Gasteiger charge is 2.56. The molecule has 1 atom stereocenters. The van der Waals surface area contributed by atoms with Gasteiger partial charge in [-0.05, 0) is 50.5 Å². The Kier molecular flexibility index (Phi) is 4.74. The fraction of sp³-hybridized carbons (Fsp3) is 0.360. The van der Waals surface area contributed by atoms with E-state index in [1.807, 2.05) is 26.0 Å². The molecule has 2 saturated heterocycles. The van der Waals surface area contributed by atoms with E-state index >= 15 is 0 Å². The van der Waals surface area contributed by atoms with Crippen LogP contribution in [0.4, 0.5) is 11.6 Å². The van der Waals surface area contributed by atoms with Gasteiger partial charge in [-0.2, -0.15) is 0 Å². The number of hydrogen-bond acceptors (Lipinski definition) is 6. The molecule has 2 aromatic carbocycles. The molecular weight excluding hydrogens is 408 g/mol. The molecule has 32 heavy (non-hydrogen) atoms. The minimum Gasteiger partial charge on any atom is -0.478 e. The Balaban J connectivity index is 1.56. The Labute approximate surface area is 185 Å². The highest BCUT2D eigenvalue weighted by atomic mass is 16.5. The summed E-state index contributed by atoms with van der Waals surface area (Å²) in [6.07, 6.45) is 1.88. The van der Waals surface area contributed by atoms with Gasteiger partial charge in [-0.1, -0.05) is 18.2 Å². The van der Waals surface area contributed by atoms with E-state index in [2.05, 4.69) is 10.2 Å². The molecule has 1 unspecified atom stereocenters. The summed E-state index contributed by atoms with van der Waals surface area (Å²) in [5.41, 5.74) is 2.77. The Hall–Kier alpha value is -3.32. The molecule has 2 aliphatic heterocycles. The smallest absolute Gasteiger partial charge is 0.337 e. The largest absolute Gasteiger partial charge is 0.478 e. The molecule has 3 aliphatic rings. The second-order valence-electron chi connectivity index (χ2n) is 8.97. The van der Waals surface area contributed by atoms with E-state index in [0.29, 0.717) is 35.1 Å². The van der Waals surface area contributed by atoms with Crippen LogP contribution in [0, 0.1) is 6.92 Å². The van der Waals surface area contributed by atoms with E-state index in [4.69, 9.17) is 9.15 Å². The van der Waals surface area contributed by atoms with Crippen molar-refractivity contribution in [1.82, 2.24) is 0 Å². The van der Waals surface area contributed by atoms with Crippen molar-refractivity contribution >= 4 is 28.5 Å². The Morgan fingerprint density at radius 3 is 2.72 bits per heavy atom. The van der Waals surface area contributed by atoms with Crippen LogP contribution >= 0.6 is 0 Å². The summed E-state index contributed by atoms with van der Waals surface area (Å²) < 4.78 is 12.0. The quantitative estimate of drug-likeness (QED) is 0.596. The molecule has 2 bridgehead atoms. The second kappa shape index (κ2) is 7.38. The van der Waals surface area contributed by atoms with Gasteiger partial charge in [0.1, 0.15) is 5.58 Å². The number of anilines is 2. The topological polar surface area (TPSA) is 92.0 Å². The maximum atomic E-state index is 13.0. The third-order valence-corrected chi connectivity index (χ3v) is 6.82. The molecule has 7 nitrogen and oxygen atoms in total. The lowest BCUT2D eigenvalue weighted by molar-refractivity contribution is -0.0362. The zero-order valence-corrected chi connectivity index (χ0v) is 18.3. The first-order chi connectivity index (χ1) is 15.3. The summed E-state index contributed by atoms with van der Waals surface area (Å²) in [7, 11) is 1.74. The Morgan fingerprint density at radius 1 is 1.28 bits per heavy atom. The number of rotatable bonds is 6. The van der Waals surface area contributed by atoms with Gasteiger partial charge >= 0.3 is 5.97 Å². The number of fused-ring (bicyclic) bond motifs is 2. The van der Waals surface area contributed by atoms with Crippen LogP contribution < -0.4 is 15.6 Å². The number of aromatic carboxylic acids is 1. The number of nitrogens with zero attached hydrogens (tertiary/aromatic N) is 1. The number of methoxy groups -OCH3 is 1. The average molecular weight is 434 g/mol. The first-order valence-electron chi connectivity index (χ1n) is 10.8. The Morgan fingerprint density at radius 2 is 2.03 bits per heavy atom. The van der Waals surface area contributed by atoms with Gasteiger partial charge in [-0.25, -0.2) is 4.79 Å². The number of benzene rings is 2. The number of nitrogens with one attached hydrogen (secondary N) is 1. The SMILES string of the molecule is COC12CC(C1)N(c1cc(=O)c3cc(C)cc(C(C)Nc4ccccc4C(=O)O)c3o1)C2. The standard InChI is InChI=1S/C25H26N2O5/c1-14-8-18(15(2)26-20-7-5-4-6-17(20)24(29)30)23-19(9-14)21(28)10-22(32-23)27-13-25(31-3)11-16(27)12-25/h4-10,15-16,26H,11-13H2,1-3H3,(H,29,30). The van der Waals surface area contributed by atoms with Crippen LogP contribution in [0.25, 0.3) is 11.0 Å². The first-order valence-corrected chi connectivity index (χ1v) is 10.8. The maximum absolute atomic E-state index is 13.0. The second-order valence-corrected chi connectivity index (χ2v) is 8.97. The van der Waals surface area contributed by atoms with Crippen LogP contribution in [0.2, 0.25) is 0 Å². The lowest BCUT2D eigenvalue weighted by Gasteiger charge is -2.35. The molecule has 0 spiro atoms. The van der Waals surface area contributed by atoms with Crippen molar-refractivity contribution in [3.05, 3.63) is 69.4 Å². The van der Waals surface area contributed by atoms with Gasteiger partial charge in [0.05, 0.1) is 29.1 Å². The monoisotopic (exact) mass is 434 g/mol. The summed E-state index contributed by atoms with van der Waals surface area (Å²) in [6.45, 7) is 4.58. The first kappa shape index (κ1) is 20.6. The third kappa shape index (κ3) is 3.24. The van der Waals surface area contributed by atoms with Crippen molar-refractivity contribution in [2.75, 3.05) is 23.9 Å². The van der Waals surface area contributed by atoms with Gasteiger partial charge in [-0.3, -0.25) is 4.79 Å². The number of para-hydroxylation sites is 1. The van der Waals surface area contributed by atoms with Crippen LogP contribution in [0.1, 0.15) is 47.3 Å². The number of carboxylic acid groups (broad SMARTS) is 1. The average Bonchev–Trinajstić information content (AvgIpc) is 3.30. The number of ether oxygens (including phenoxy) is 1. The fourth-order valence-electron chi connectivity index (χ4n) is 5.07. The molecule has 1 aromatic heterocycles. The number of carboxylic acids is 1. The molecule has 1 saturated carbocycles. The molecule has 0 amide bonds. The summed E-state index contributed by atoms with van der Waals surface area (Å²) in [6, 6.07) is 12.2. The predicted molar refractivity (Wildman–Crippen MR) is 123 cm³/mol. The highest BCUT2D eigenvalue weighted by molar-refractivity contribution is 5.94.